The predicted molar refractivity (Wildman–Crippen MR) is 92.5 cm³/mol. The van der Waals surface area contributed by atoms with Gasteiger partial charge in [0.2, 0.25) is 0 Å². The summed E-state index contributed by atoms with van der Waals surface area (Å²) in [5, 5.41) is 0. The molecule has 0 unspecified atom stereocenters. The smallest absolute Gasteiger partial charge is 0.193 e. The van der Waals surface area contributed by atoms with Gasteiger partial charge in [0.1, 0.15) is 18.6 Å². The Morgan fingerprint density at radius 1 is 0.792 bits per heavy atom. The number of carbonyl (C=O) groups is 2. The number of hydrogen-bond donors (Lipinski definition) is 0. The largest absolute Gasteiger partial charge is 0.489 e. The number of carbonyl (C=O) groups excluding carboxylic acids is 2. The van der Waals surface area contributed by atoms with Crippen molar-refractivity contribution >= 4 is 12.1 Å². The maximum atomic E-state index is 12.3. The molecule has 3 aromatic carbocycles. The molecule has 0 aromatic heterocycles. The minimum Gasteiger partial charge on any atom is -0.489 e. The second-order valence-electron chi connectivity index (χ2n) is 5.32. The van der Waals surface area contributed by atoms with E-state index in [-0.39, 0.29) is 5.78 Å². The molecule has 0 amide bonds. The van der Waals surface area contributed by atoms with Crippen LogP contribution in [0.4, 0.5) is 0 Å². The van der Waals surface area contributed by atoms with Crippen LogP contribution in [0.3, 0.4) is 0 Å². The minimum atomic E-state index is -0.0200. The van der Waals surface area contributed by atoms with Crippen LogP contribution in [0.1, 0.15) is 31.8 Å². The fraction of sp³-hybridized carbons (Fsp3) is 0.0476. The van der Waals surface area contributed by atoms with Crippen LogP contribution in [0.5, 0.6) is 5.75 Å². The molecule has 3 heteroatoms. The Kier molecular flexibility index (Phi) is 4.82. The van der Waals surface area contributed by atoms with Gasteiger partial charge in [-0.15, -0.1) is 0 Å². The molecule has 0 N–H and O–H groups in total. The molecular formula is C21H16O3. The average Bonchev–Trinajstić information content (AvgIpc) is 2.67. The van der Waals surface area contributed by atoms with Gasteiger partial charge in [-0.2, -0.15) is 0 Å². The normalized spacial score (nSPS) is 10.2. The van der Waals surface area contributed by atoms with Gasteiger partial charge in [-0.3, -0.25) is 9.59 Å². The Hall–Kier alpha value is -3.20. The van der Waals surface area contributed by atoms with E-state index < -0.39 is 0 Å². The third kappa shape index (κ3) is 3.58. The summed E-state index contributed by atoms with van der Waals surface area (Å²) in [5.41, 5.74) is 2.72. The van der Waals surface area contributed by atoms with Gasteiger partial charge in [0.25, 0.3) is 0 Å². The molecule has 118 valence electrons. The molecule has 0 saturated heterocycles. The van der Waals surface area contributed by atoms with Crippen molar-refractivity contribution in [3.63, 3.8) is 0 Å². The van der Waals surface area contributed by atoms with E-state index in [0.717, 1.165) is 11.8 Å². The molecule has 0 radical (unpaired) electrons. The van der Waals surface area contributed by atoms with Gasteiger partial charge in [0.05, 0.1) is 0 Å². The first-order valence-electron chi connectivity index (χ1n) is 7.63. The number of rotatable bonds is 6. The molecule has 0 aliphatic carbocycles. The summed E-state index contributed by atoms with van der Waals surface area (Å²) in [6.07, 6.45) is 0.820. The summed E-state index contributed by atoms with van der Waals surface area (Å²) in [4.78, 5) is 23.3. The van der Waals surface area contributed by atoms with Gasteiger partial charge >= 0.3 is 0 Å². The fourth-order valence-corrected chi connectivity index (χ4v) is 2.40. The third-order valence-corrected chi connectivity index (χ3v) is 3.73. The minimum absolute atomic E-state index is 0.0200. The van der Waals surface area contributed by atoms with Gasteiger partial charge in [-0.1, -0.05) is 54.6 Å². The second kappa shape index (κ2) is 7.38. The van der Waals surface area contributed by atoms with Gasteiger partial charge in [-0.25, -0.2) is 0 Å². The van der Waals surface area contributed by atoms with E-state index in [1.54, 1.807) is 42.5 Å². The molecule has 3 rings (SSSR count). The van der Waals surface area contributed by atoms with Crippen molar-refractivity contribution in [1.82, 2.24) is 0 Å². The lowest BCUT2D eigenvalue weighted by Gasteiger charge is -2.08. The van der Waals surface area contributed by atoms with E-state index in [1.807, 2.05) is 36.4 Å². The first-order valence-corrected chi connectivity index (χ1v) is 7.63. The zero-order valence-corrected chi connectivity index (χ0v) is 13.0. The van der Waals surface area contributed by atoms with E-state index in [4.69, 9.17) is 4.74 Å². The molecule has 0 bridgehead atoms. The monoisotopic (exact) mass is 316 g/mol. The fourth-order valence-electron chi connectivity index (χ4n) is 2.40. The highest BCUT2D eigenvalue weighted by molar-refractivity contribution is 6.08. The summed E-state index contributed by atoms with van der Waals surface area (Å²) in [5.74, 6) is 0.633. The highest BCUT2D eigenvalue weighted by Gasteiger charge is 2.08. The molecule has 0 aliphatic heterocycles. The zero-order chi connectivity index (χ0) is 16.8. The van der Waals surface area contributed by atoms with Crippen molar-refractivity contribution in [2.75, 3.05) is 0 Å². The van der Waals surface area contributed by atoms with Gasteiger partial charge in [0, 0.05) is 16.7 Å². The second-order valence-corrected chi connectivity index (χ2v) is 5.32. The SMILES string of the molecule is O=Cc1ccccc1COc1ccc(C(=O)c2ccccc2)cc1. The molecule has 0 aliphatic rings. The summed E-state index contributed by atoms with van der Waals surface area (Å²) in [7, 11) is 0. The lowest BCUT2D eigenvalue weighted by Crippen LogP contribution is -2.02. The van der Waals surface area contributed by atoms with Gasteiger partial charge < -0.3 is 4.74 Å². The Morgan fingerprint density at radius 3 is 2.12 bits per heavy atom. The maximum Gasteiger partial charge on any atom is 0.193 e. The number of aldehydes is 1. The lowest BCUT2D eigenvalue weighted by molar-refractivity contribution is 0.103. The molecule has 0 fully saturated rings. The topological polar surface area (TPSA) is 43.4 Å². The summed E-state index contributed by atoms with van der Waals surface area (Å²) >= 11 is 0. The molecule has 24 heavy (non-hydrogen) atoms. The Morgan fingerprint density at radius 2 is 1.42 bits per heavy atom. The quantitative estimate of drug-likeness (QED) is 0.503. The van der Waals surface area contributed by atoms with E-state index in [0.29, 0.717) is 29.0 Å². The van der Waals surface area contributed by atoms with Crippen LogP contribution in [0.2, 0.25) is 0 Å². The van der Waals surface area contributed by atoms with Crippen LogP contribution in [0.25, 0.3) is 0 Å². The first kappa shape index (κ1) is 15.7. The van der Waals surface area contributed by atoms with Crippen LogP contribution >= 0.6 is 0 Å². The van der Waals surface area contributed by atoms with Crippen LogP contribution in [-0.4, -0.2) is 12.1 Å². The summed E-state index contributed by atoms with van der Waals surface area (Å²) < 4.78 is 5.70. The number of benzene rings is 3. The molecule has 3 nitrogen and oxygen atoms in total. The number of ether oxygens (including phenoxy) is 1. The van der Waals surface area contributed by atoms with E-state index in [2.05, 4.69) is 0 Å². The Balaban J connectivity index is 1.69. The van der Waals surface area contributed by atoms with Crippen LogP contribution in [0, 0.1) is 0 Å². The van der Waals surface area contributed by atoms with Crippen molar-refractivity contribution in [2.45, 2.75) is 6.61 Å². The number of hydrogen-bond acceptors (Lipinski definition) is 3. The standard InChI is InChI=1S/C21H16O3/c22-14-18-8-4-5-9-19(18)15-24-20-12-10-17(11-13-20)21(23)16-6-2-1-3-7-16/h1-14H,15H2. The van der Waals surface area contributed by atoms with E-state index in [9.17, 15) is 9.59 Å². The average molecular weight is 316 g/mol. The van der Waals surface area contributed by atoms with Crippen LogP contribution in [0.15, 0.2) is 78.9 Å². The van der Waals surface area contributed by atoms with Crippen molar-refractivity contribution in [3.05, 3.63) is 101 Å². The first-order chi connectivity index (χ1) is 11.8. The highest BCUT2D eigenvalue weighted by Crippen LogP contribution is 2.17. The Bertz CT molecular complexity index is 836. The van der Waals surface area contributed by atoms with E-state index in [1.165, 1.54) is 0 Å². The Labute approximate surface area is 140 Å². The predicted octanol–water partition coefficient (Wildman–Crippen LogP) is 4.31. The molecule has 0 saturated carbocycles. The number of ketones is 1. The van der Waals surface area contributed by atoms with Crippen LogP contribution in [-0.2, 0) is 6.61 Å². The maximum absolute atomic E-state index is 12.3. The molecule has 0 atom stereocenters. The summed E-state index contributed by atoms with van der Waals surface area (Å²) in [6.45, 7) is 0.306. The molecule has 3 aromatic rings. The van der Waals surface area contributed by atoms with Gasteiger partial charge in [0.15, 0.2) is 5.78 Å². The van der Waals surface area contributed by atoms with Crippen molar-refractivity contribution in [1.29, 1.82) is 0 Å². The highest BCUT2D eigenvalue weighted by atomic mass is 16.5. The molecule has 0 heterocycles. The molecule has 0 spiro atoms. The third-order valence-electron chi connectivity index (χ3n) is 3.73. The molecular weight excluding hydrogens is 300 g/mol. The van der Waals surface area contributed by atoms with Gasteiger partial charge in [-0.05, 0) is 29.8 Å². The summed E-state index contributed by atoms with van der Waals surface area (Å²) in [6, 6.07) is 23.5. The van der Waals surface area contributed by atoms with Crippen molar-refractivity contribution in [2.24, 2.45) is 0 Å². The van der Waals surface area contributed by atoms with Crippen molar-refractivity contribution in [3.8, 4) is 5.75 Å². The lowest BCUT2D eigenvalue weighted by atomic mass is 10.0. The van der Waals surface area contributed by atoms with Crippen molar-refractivity contribution < 1.29 is 14.3 Å². The zero-order valence-electron chi connectivity index (χ0n) is 13.0. The van der Waals surface area contributed by atoms with Crippen LogP contribution < -0.4 is 4.74 Å². The van der Waals surface area contributed by atoms with E-state index >= 15 is 0 Å².